The summed E-state index contributed by atoms with van der Waals surface area (Å²) in [5.41, 5.74) is 0.272. The van der Waals surface area contributed by atoms with Gasteiger partial charge in [-0.2, -0.15) is 5.26 Å². The van der Waals surface area contributed by atoms with Crippen molar-refractivity contribution in [3.63, 3.8) is 0 Å². The van der Waals surface area contributed by atoms with Gasteiger partial charge < -0.3 is 20.1 Å². The van der Waals surface area contributed by atoms with Gasteiger partial charge in [0, 0.05) is 32.7 Å². The summed E-state index contributed by atoms with van der Waals surface area (Å²) < 4.78 is 5.41. The van der Waals surface area contributed by atoms with Gasteiger partial charge in [0.25, 0.3) is 0 Å². The normalized spacial score (nSPS) is 21.8. The first-order valence-electron chi connectivity index (χ1n) is 13.9. The molecule has 2 amide bonds. The van der Waals surface area contributed by atoms with Crippen LogP contribution < -0.4 is 10.6 Å². The molecular formula is C28H40N6O4. The fraction of sp³-hybridized carbons (Fsp3) is 0.643. The van der Waals surface area contributed by atoms with Crippen LogP contribution in [-0.4, -0.2) is 83.8 Å². The molecule has 4 rings (SSSR count). The largest absolute Gasteiger partial charge is 0.465 e. The zero-order valence-electron chi connectivity index (χ0n) is 22.1. The molecule has 1 atom stereocenters. The maximum Gasteiger partial charge on any atom is 0.411 e. The van der Waals surface area contributed by atoms with Crippen LogP contribution in [0.15, 0.2) is 35.3 Å². The minimum absolute atomic E-state index is 0.181. The van der Waals surface area contributed by atoms with Crippen LogP contribution in [-0.2, 0) is 16.1 Å². The molecule has 0 bridgehead atoms. The Morgan fingerprint density at radius 1 is 1.11 bits per heavy atom. The SMILES string of the molecule is N#CC1(NC(=O)C(CC2CCCCC2)N=C(NC(=O)O)N2CCOCC2)CCN(Cc2ccccc2)CC1. The second-order valence-corrected chi connectivity index (χ2v) is 10.7. The molecule has 206 valence electrons. The Labute approximate surface area is 225 Å². The van der Waals surface area contributed by atoms with Gasteiger partial charge in [0.15, 0.2) is 0 Å². The van der Waals surface area contributed by atoms with Crippen molar-refractivity contribution in [2.75, 3.05) is 39.4 Å². The molecule has 2 aliphatic heterocycles. The Morgan fingerprint density at radius 3 is 2.42 bits per heavy atom. The highest BCUT2D eigenvalue weighted by molar-refractivity contribution is 5.95. The number of piperidine rings is 1. The molecule has 10 nitrogen and oxygen atoms in total. The van der Waals surface area contributed by atoms with Gasteiger partial charge in [0.2, 0.25) is 11.9 Å². The number of amides is 2. The van der Waals surface area contributed by atoms with Crippen LogP contribution in [0.5, 0.6) is 0 Å². The molecular weight excluding hydrogens is 484 g/mol. The number of carboxylic acid groups (broad SMARTS) is 1. The van der Waals surface area contributed by atoms with Crippen molar-refractivity contribution in [3.05, 3.63) is 35.9 Å². The lowest BCUT2D eigenvalue weighted by molar-refractivity contribution is -0.124. The number of nitriles is 1. The summed E-state index contributed by atoms with van der Waals surface area (Å²) in [6.07, 6.45) is 5.93. The van der Waals surface area contributed by atoms with Crippen molar-refractivity contribution in [3.8, 4) is 6.07 Å². The van der Waals surface area contributed by atoms with Gasteiger partial charge in [-0.3, -0.25) is 15.0 Å². The second-order valence-electron chi connectivity index (χ2n) is 10.7. The first-order valence-corrected chi connectivity index (χ1v) is 13.9. The van der Waals surface area contributed by atoms with Crippen LogP contribution in [0.3, 0.4) is 0 Å². The molecule has 0 radical (unpaired) electrons. The number of guanidine groups is 1. The van der Waals surface area contributed by atoms with E-state index < -0.39 is 17.7 Å². The molecule has 3 aliphatic rings. The highest BCUT2D eigenvalue weighted by atomic mass is 16.5. The summed E-state index contributed by atoms with van der Waals surface area (Å²) in [5, 5.41) is 25.1. The average molecular weight is 525 g/mol. The number of nitrogens with one attached hydrogen (secondary N) is 2. The van der Waals surface area contributed by atoms with E-state index in [0.29, 0.717) is 64.6 Å². The molecule has 1 aliphatic carbocycles. The molecule has 38 heavy (non-hydrogen) atoms. The standard InChI is InChI=1S/C28H40N6O4/c29-21-28(11-13-33(14-12-28)20-23-9-5-2-6-10-23)32-25(35)24(19-22-7-3-1-4-8-22)30-26(31-27(36)37)34-15-17-38-18-16-34/h2,5-6,9-10,22,24H,1,3-4,7-8,11-20H2,(H,30,31)(H,32,35)(H,36,37). The van der Waals surface area contributed by atoms with Gasteiger partial charge in [0.1, 0.15) is 11.6 Å². The minimum Gasteiger partial charge on any atom is -0.465 e. The number of carbonyl (C=O) groups excluding carboxylic acids is 1. The third-order valence-electron chi connectivity index (χ3n) is 7.93. The zero-order chi connectivity index (χ0) is 26.8. The first-order chi connectivity index (χ1) is 18.5. The highest BCUT2D eigenvalue weighted by Crippen LogP contribution is 2.29. The Balaban J connectivity index is 1.47. The summed E-state index contributed by atoms with van der Waals surface area (Å²) in [4.78, 5) is 34.1. The summed E-state index contributed by atoms with van der Waals surface area (Å²) in [6.45, 7) is 4.16. The fourth-order valence-electron chi connectivity index (χ4n) is 5.69. The minimum atomic E-state index is -1.22. The molecule has 1 aromatic carbocycles. The number of carbonyl (C=O) groups is 2. The Kier molecular flexibility index (Phi) is 9.96. The van der Waals surface area contributed by atoms with Crippen LogP contribution in [0.1, 0.15) is 56.9 Å². The number of hydrogen-bond acceptors (Lipinski definition) is 6. The Hall–Kier alpha value is -3.16. The molecule has 2 saturated heterocycles. The smallest absolute Gasteiger partial charge is 0.411 e. The third-order valence-corrected chi connectivity index (χ3v) is 7.93. The Morgan fingerprint density at radius 2 is 1.79 bits per heavy atom. The number of aliphatic imine (C=N–C) groups is 1. The molecule has 1 unspecified atom stereocenters. The molecule has 3 fully saturated rings. The van der Waals surface area contributed by atoms with Crippen molar-refractivity contribution in [1.82, 2.24) is 20.4 Å². The van der Waals surface area contributed by atoms with Crippen molar-refractivity contribution < 1.29 is 19.4 Å². The van der Waals surface area contributed by atoms with E-state index in [9.17, 15) is 20.0 Å². The number of hydrogen-bond donors (Lipinski definition) is 3. The van der Waals surface area contributed by atoms with E-state index in [2.05, 4.69) is 33.7 Å². The van der Waals surface area contributed by atoms with Gasteiger partial charge in [-0.1, -0.05) is 62.4 Å². The second kappa shape index (κ2) is 13.6. The van der Waals surface area contributed by atoms with Crippen molar-refractivity contribution >= 4 is 18.0 Å². The van der Waals surface area contributed by atoms with Gasteiger partial charge in [-0.25, -0.2) is 9.79 Å². The zero-order valence-corrected chi connectivity index (χ0v) is 22.1. The topological polar surface area (TPSA) is 130 Å². The van der Waals surface area contributed by atoms with E-state index in [1.165, 1.54) is 12.0 Å². The quantitative estimate of drug-likeness (QED) is 0.369. The number of ether oxygens (including phenoxy) is 1. The number of morpholine rings is 1. The maximum absolute atomic E-state index is 13.7. The van der Waals surface area contributed by atoms with E-state index in [0.717, 1.165) is 32.2 Å². The van der Waals surface area contributed by atoms with Crippen molar-refractivity contribution in [2.45, 2.75) is 69.5 Å². The fourth-order valence-corrected chi connectivity index (χ4v) is 5.69. The highest BCUT2D eigenvalue weighted by Gasteiger charge is 2.38. The van der Waals surface area contributed by atoms with E-state index >= 15 is 0 Å². The molecule has 0 spiro atoms. The predicted molar refractivity (Wildman–Crippen MR) is 143 cm³/mol. The van der Waals surface area contributed by atoms with E-state index in [4.69, 9.17) is 9.73 Å². The van der Waals surface area contributed by atoms with Gasteiger partial charge in [0.05, 0.1) is 19.3 Å². The lowest BCUT2D eigenvalue weighted by Crippen LogP contribution is -2.57. The number of likely N-dealkylation sites (tertiary alicyclic amines) is 1. The van der Waals surface area contributed by atoms with Crippen molar-refractivity contribution in [1.29, 1.82) is 5.26 Å². The maximum atomic E-state index is 13.7. The lowest BCUT2D eigenvalue weighted by Gasteiger charge is -2.38. The van der Waals surface area contributed by atoms with Crippen LogP contribution in [0.4, 0.5) is 4.79 Å². The molecule has 10 heteroatoms. The summed E-state index contributed by atoms with van der Waals surface area (Å²) in [6, 6.07) is 11.9. The molecule has 0 aromatic heterocycles. The molecule has 1 saturated carbocycles. The Bertz CT molecular complexity index is 990. The van der Waals surface area contributed by atoms with Gasteiger partial charge in [-0.15, -0.1) is 0 Å². The molecule has 2 heterocycles. The van der Waals surface area contributed by atoms with Crippen LogP contribution in [0, 0.1) is 17.2 Å². The predicted octanol–water partition coefficient (Wildman–Crippen LogP) is 2.96. The summed E-state index contributed by atoms with van der Waals surface area (Å²) in [5.74, 6) is 0.233. The van der Waals surface area contributed by atoms with E-state index in [1.54, 1.807) is 0 Å². The summed E-state index contributed by atoms with van der Waals surface area (Å²) in [7, 11) is 0. The number of benzene rings is 1. The number of rotatable bonds is 7. The third kappa shape index (κ3) is 7.92. The van der Waals surface area contributed by atoms with E-state index in [-0.39, 0.29) is 11.9 Å². The van der Waals surface area contributed by atoms with E-state index in [1.807, 2.05) is 23.1 Å². The number of nitrogens with zero attached hydrogens (tertiary/aromatic N) is 4. The van der Waals surface area contributed by atoms with Gasteiger partial charge >= 0.3 is 6.09 Å². The average Bonchev–Trinajstić information content (AvgIpc) is 2.95. The van der Waals surface area contributed by atoms with Crippen LogP contribution in [0.25, 0.3) is 0 Å². The lowest BCUT2D eigenvalue weighted by atomic mass is 9.84. The van der Waals surface area contributed by atoms with Gasteiger partial charge in [-0.05, 0) is 30.7 Å². The first kappa shape index (κ1) is 27.9. The molecule has 3 N–H and O–H groups in total. The monoisotopic (exact) mass is 524 g/mol. The van der Waals surface area contributed by atoms with Crippen LogP contribution >= 0.6 is 0 Å². The van der Waals surface area contributed by atoms with Crippen LogP contribution in [0.2, 0.25) is 0 Å². The summed E-state index contributed by atoms with van der Waals surface area (Å²) >= 11 is 0. The van der Waals surface area contributed by atoms with Crippen molar-refractivity contribution in [2.24, 2.45) is 10.9 Å². The molecule has 1 aromatic rings.